The van der Waals surface area contributed by atoms with Gasteiger partial charge in [0.1, 0.15) is 5.58 Å². The normalized spacial score (nSPS) is 18.0. The number of halogens is 1. The van der Waals surface area contributed by atoms with E-state index in [9.17, 15) is 13.2 Å². The number of sulfone groups is 1. The highest BCUT2D eigenvalue weighted by atomic mass is 35.5. The van der Waals surface area contributed by atoms with Crippen molar-refractivity contribution in [3.63, 3.8) is 0 Å². The number of carbonyl (C=O) groups is 1. The van der Waals surface area contributed by atoms with Gasteiger partial charge in [0.25, 0.3) is 0 Å². The van der Waals surface area contributed by atoms with Crippen molar-refractivity contribution in [3.05, 3.63) is 70.4 Å². The molecular formula is C23H24ClNO4S. The van der Waals surface area contributed by atoms with Crippen LogP contribution in [0.3, 0.4) is 0 Å². The van der Waals surface area contributed by atoms with E-state index in [2.05, 4.69) is 19.1 Å². The van der Waals surface area contributed by atoms with Gasteiger partial charge < -0.3 is 9.32 Å². The number of aryl methyl sites for hydroxylation is 1. The Bertz CT molecular complexity index is 1170. The lowest BCUT2D eigenvalue weighted by molar-refractivity contribution is -0.133. The maximum absolute atomic E-state index is 13.3. The zero-order valence-corrected chi connectivity index (χ0v) is 18.4. The minimum atomic E-state index is -3.11. The summed E-state index contributed by atoms with van der Waals surface area (Å²) in [5.74, 6) is 0.0314. The number of furan rings is 1. The summed E-state index contributed by atoms with van der Waals surface area (Å²) in [4.78, 5) is 15.0. The van der Waals surface area contributed by atoms with Gasteiger partial charge in [-0.1, -0.05) is 42.8 Å². The average molecular weight is 446 g/mol. The van der Waals surface area contributed by atoms with Crippen LogP contribution in [0.1, 0.15) is 30.0 Å². The Balaban J connectivity index is 1.60. The third kappa shape index (κ3) is 4.55. The van der Waals surface area contributed by atoms with Crippen molar-refractivity contribution < 1.29 is 17.6 Å². The van der Waals surface area contributed by atoms with Gasteiger partial charge in [-0.3, -0.25) is 4.79 Å². The third-order valence-electron chi connectivity index (χ3n) is 5.71. The first-order valence-corrected chi connectivity index (χ1v) is 12.3. The summed E-state index contributed by atoms with van der Waals surface area (Å²) in [5, 5.41) is 1.38. The molecule has 5 nitrogen and oxygen atoms in total. The zero-order chi connectivity index (χ0) is 21.3. The van der Waals surface area contributed by atoms with Crippen LogP contribution in [0.15, 0.2) is 53.1 Å². The van der Waals surface area contributed by atoms with Crippen LogP contribution in [0, 0.1) is 0 Å². The number of hydrogen-bond donors (Lipinski definition) is 0. The van der Waals surface area contributed by atoms with Crippen LogP contribution in [0.4, 0.5) is 0 Å². The fraction of sp³-hybridized carbons (Fsp3) is 0.348. The predicted octanol–water partition coefficient (Wildman–Crippen LogP) is 4.41. The Kier molecular flexibility index (Phi) is 5.89. The molecule has 1 aliphatic rings. The van der Waals surface area contributed by atoms with Crippen LogP contribution in [0.5, 0.6) is 0 Å². The maximum atomic E-state index is 13.3. The number of benzene rings is 2. The van der Waals surface area contributed by atoms with Gasteiger partial charge >= 0.3 is 0 Å². The quantitative estimate of drug-likeness (QED) is 0.563. The predicted molar refractivity (Wildman–Crippen MR) is 118 cm³/mol. The molecule has 0 bridgehead atoms. The molecule has 1 saturated heterocycles. The van der Waals surface area contributed by atoms with Gasteiger partial charge in [-0.05, 0) is 42.2 Å². The molecule has 1 atom stereocenters. The van der Waals surface area contributed by atoms with Gasteiger partial charge in [-0.2, -0.15) is 0 Å². The summed E-state index contributed by atoms with van der Waals surface area (Å²) in [6.45, 7) is 2.48. The van der Waals surface area contributed by atoms with Gasteiger partial charge in [0.2, 0.25) is 5.91 Å². The van der Waals surface area contributed by atoms with E-state index in [1.165, 1.54) is 5.56 Å². The Morgan fingerprint density at radius 3 is 2.57 bits per heavy atom. The molecule has 30 heavy (non-hydrogen) atoms. The van der Waals surface area contributed by atoms with Gasteiger partial charge in [0.15, 0.2) is 9.84 Å². The van der Waals surface area contributed by atoms with E-state index in [-0.39, 0.29) is 29.9 Å². The maximum Gasteiger partial charge on any atom is 0.227 e. The monoisotopic (exact) mass is 445 g/mol. The number of nitrogens with zero attached hydrogens (tertiary/aromatic N) is 1. The number of hydrogen-bond acceptors (Lipinski definition) is 4. The first-order chi connectivity index (χ1) is 14.3. The second-order valence-corrected chi connectivity index (χ2v) is 10.5. The van der Waals surface area contributed by atoms with E-state index in [0.717, 1.165) is 22.9 Å². The minimum absolute atomic E-state index is 0.0176. The number of fused-ring (bicyclic) bond motifs is 1. The van der Waals surface area contributed by atoms with Crippen molar-refractivity contribution in [3.8, 4) is 0 Å². The topological polar surface area (TPSA) is 67.6 Å². The number of rotatable bonds is 6. The van der Waals surface area contributed by atoms with Crippen molar-refractivity contribution >= 4 is 38.3 Å². The average Bonchev–Trinajstić information content (AvgIpc) is 3.29. The highest BCUT2D eigenvalue weighted by Gasteiger charge is 2.34. The highest BCUT2D eigenvalue weighted by molar-refractivity contribution is 7.91. The van der Waals surface area contributed by atoms with E-state index in [4.69, 9.17) is 16.0 Å². The molecule has 7 heteroatoms. The summed E-state index contributed by atoms with van der Waals surface area (Å²) in [6, 6.07) is 13.1. The summed E-state index contributed by atoms with van der Waals surface area (Å²) < 4.78 is 29.7. The Hall–Kier alpha value is -2.31. The molecule has 0 spiro atoms. The summed E-state index contributed by atoms with van der Waals surface area (Å²) in [7, 11) is -3.11. The largest absolute Gasteiger partial charge is 0.464 e. The van der Waals surface area contributed by atoms with Crippen LogP contribution in [0.25, 0.3) is 11.0 Å². The van der Waals surface area contributed by atoms with Crippen LogP contribution in [0.2, 0.25) is 5.02 Å². The lowest BCUT2D eigenvalue weighted by Crippen LogP contribution is -2.41. The van der Waals surface area contributed by atoms with Crippen LogP contribution < -0.4 is 0 Å². The van der Waals surface area contributed by atoms with Gasteiger partial charge in [-0.25, -0.2) is 8.42 Å². The van der Waals surface area contributed by atoms with E-state index in [0.29, 0.717) is 23.6 Å². The fourth-order valence-corrected chi connectivity index (χ4v) is 5.88. The van der Waals surface area contributed by atoms with Crippen molar-refractivity contribution in [2.24, 2.45) is 0 Å². The number of carbonyl (C=O) groups excluding carboxylic acids is 1. The Labute approximate surface area is 181 Å². The second-order valence-electron chi connectivity index (χ2n) is 7.83. The molecule has 0 radical (unpaired) electrons. The van der Waals surface area contributed by atoms with E-state index >= 15 is 0 Å². The molecule has 1 unspecified atom stereocenters. The summed E-state index contributed by atoms with van der Waals surface area (Å²) in [5.41, 5.74) is 3.64. The molecule has 1 aromatic heterocycles. The molecule has 2 aromatic carbocycles. The Morgan fingerprint density at radius 1 is 1.17 bits per heavy atom. The molecule has 1 aliphatic heterocycles. The molecule has 1 fully saturated rings. The smallest absolute Gasteiger partial charge is 0.227 e. The molecule has 4 rings (SSSR count). The van der Waals surface area contributed by atoms with Gasteiger partial charge in [0.05, 0.1) is 24.2 Å². The van der Waals surface area contributed by atoms with Gasteiger partial charge in [-0.15, -0.1) is 0 Å². The zero-order valence-electron chi connectivity index (χ0n) is 16.8. The molecule has 158 valence electrons. The van der Waals surface area contributed by atoms with E-state index in [1.807, 2.05) is 12.1 Å². The molecule has 2 heterocycles. The third-order valence-corrected chi connectivity index (χ3v) is 7.70. The first-order valence-electron chi connectivity index (χ1n) is 10.1. The van der Waals surface area contributed by atoms with Gasteiger partial charge in [0, 0.05) is 28.6 Å². The molecule has 0 aliphatic carbocycles. The van der Waals surface area contributed by atoms with E-state index in [1.54, 1.807) is 29.4 Å². The fourth-order valence-electron chi connectivity index (χ4n) is 3.97. The van der Waals surface area contributed by atoms with Crippen LogP contribution in [-0.4, -0.2) is 36.8 Å². The second kappa shape index (κ2) is 8.44. The lowest BCUT2D eigenvalue weighted by atomic mass is 10.1. The number of amides is 1. The minimum Gasteiger partial charge on any atom is -0.464 e. The van der Waals surface area contributed by atoms with Crippen molar-refractivity contribution in [1.82, 2.24) is 4.90 Å². The van der Waals surface area contributed by atoms with Crippen LogP contribution >= 0.6 is 11.6 Å². The molecule has 0 saturated carbocycles. The summed E-state index contributed by atoms with van der Waals surface area (Å²) >= 11 is 6.11. The standard InChI is InChI=1S/C23H24ClNO4S/c1-2-16-3-5-17(6-4-16)13-25(20-9-10-30(27,28)15-20)23(26)11-18-14-29-22-8-7-19(24)12-21(18)22/h3-8,12,14,20H,2,9-11,13,15H2,1H3. The first kappa shape index (κ1) is 20.9. The molecule has 1 amide bonds. The molecular weight excluding hydrogens is 422 g/mol. The molecule has 0 N–H and O–H groups in total. The van der Waals surface area contributed by atoms with Crippen molar-refractivity contribution in [2.75, 3.05) is 11.5 Å². The van der Waals surface area contributed by atoms with E-state index < -0.39 is 9.84 Å². The lowest BCUT2D eigenvalue weighted by Gasteiger charge is -2.28. The van der Waals surface area contributed by atoms with Crippen molar-refractivity contribution in [1.29, 1.82) is 0 Å². The Morgan fingerprint density at radius 2 is 1.90 bits per heavy atom. The SMILES string of the molecule is CCc1ccc(CN(C(=O)Cc2coc3ccc(Cl)cc23)C2CCS(=O)(=O)C2)cc1. The highest BCUT2D eigenvalue weighted by Crippen LogP contribution is 2.27. The summed E-state index contributed by atoms with van der Waals surface area (Å²) in [6.07, 6.45) is 3.13. The van der Waals surface area contributed by atoms with Crippen LogP contribution in [-0.2, 0) is 34.0 Å². The van der Waals surface area contributed by atoms with Crippen molar-refractivity contribution in [2.45, 2.75) is 38.8 Å². The molecule has 3 aromatic rings.